The maximum absolute atomic E-state index is 5.81. The predicted molar refractivity (Wildman–Crippen MR) is 103 cm³/mol. The lowest BCUT2D eigenvalue weighted by Gasteiger charge is -2.07. The first-order valence-electron chi connectivity index (χ1n) is 8.79. The van der Waals surface area contributed by atoms with Crippen LogP contribution in [0, 0.1) is 20.8 Å². The maximum atomic E-state index is 5.81. The second-order valence-electron chi connectivity index (χ2n) is 6.70. The molecule has 0 bridgehead atoms. The number of ether oxygens (including phenoxy) is 1. The fourth-order valence-electron chi connectivity index (χ4n) is 3.10. The van der Waals surface area contributed by atoms with Crippen molar-refractivity contribution in [2.45, 2.75) is 27.2 Å². The normalized spacial score (nSPS) is 11.2. The highest BCUT2D eigenvalue weighted by Gasteiger charge is 2.14. The molecule has 0 unspecified atom stereocenters. The van der Waals surface area contributed by atoms with Crippen LogP contribution in [0.15, 0.2) is 48.7 Å². The lowest BCUT2D eigenvalue weighted by molar-refractivity contribution is 0.307. The van der Waals surface area contributed by atoms with Gasteiger partial charge in [-0.05, 0) is 32.4 Å². The molecule has 1 aromatic carbocycles. The second kappa shape index (κ2) is 6.67. The van der Waals surface area contributed by atoms with Crippen LogP contribution in [0.3, 0.4) is 0 Å². The molecule has 132 valence electrons. The summed E-state index contributed by atoms with van der Waals surface area (Å²) >= 11 is 0. The predicted octanol–water partition coefficient (Wildman–Crippen LogP) is 4.27. The van der Waals surface area contributed by atoms with E-state index in [9.17, 15) is 0 Å². The van der Waals surface area contributed by atoms with Crippen LogP contribution in [0.5, 0.6) is 5.88 Å². The molecule has 5 heteroatoms. The number of aryl methyl sites for hydroxylation is 3. The van der Waals surface area contributed by atoms with E-state index in [0.29, 0.717) is 12.5 Å². The molecule has 0 atom stereocenters. The summed E-state index contributed by atoms with van der Waals surface area (Å²) in [7, 11) is 0. The van der Waals surface area contributed by atoms with E-state index in [1.807, 2.05) is 13.0 Å². The van der Waals surface area contributed by atoms with Crippen LogP contribution in [0.25, 0.3) is 16.9 Å². The van der Waals surface area contributed by atoms with E-state index >= 15 is 0 Å². The third-order valence-corrected chi connectivity index (χ3v) is 4.46. The molecule has 5 nitrogen and oxygen atoms in total. The van der Waals surface area contributed by atoms with Gasteiger partial charge in [-0.2, -0.15) is 0 Å². The van der Waals surface area contributed by atoms with E-state index in [2.05, 4.69) is 71.0 Å². The van der Waals surface area contributed by atoms with Gasteiger partial charge < -0.3 is 9.14 Å². The molecule has 0 amide bonds. The number of hydrogen-bond acceptors (Lipinski definition) is 3. The number of nitrogens with zero attached hydrogens (tertiary/aromatic N) is 3. The van der Waals surface area contributed by atoms with Gasteiger partial charge in [0.15, 0.2) is 0 Å². The van der Waals surface area contributed by atoms with Crippen LogP contribution in [0.1, 0.15) is 22.5 Å². The molecule has 0 radical (unpaired) electrons. The van der Waals surface area contributed by atoms with Gasteiger partial charge in [0, 0.05) is 29.9 Å². The minimum Gasteiger partial charge on any atom is -0.476 e. The molecule has 0 fully saturated rings. The van der Waals surface area contributed by atoms with Crippen molar-refractivity contribution in [2.75, 3.05) is 6.61 Å². The summed E-state index contributed by atoms with van der Waals surface area (Å²) in [6.45, 7) is 6.70. The molecular formula is C21H22N4O. The Balaban J connectivity index is 1.68. The number of nitrogens with one attached hydrogen (secondary N) is 1. The molecule has 0 aliphatic carbocycles. The second-order valence-corrected chi connectivity index (χ2v) is 6.70. The molecule has 4 aromatic rings. The lowest BCUT2D eigenvalue weighted by Crippen LogP contribution is -2.05. The molecule has 0 aliphatic heterocycles. The van der Waals surface area contributed by atoms with Gasteiger partial charge in [-0.15, -0.1) is 5.10 Å². The number of rotatable bonds is 5. The van der Waals surface area contributed by atoms with Crippen molar-refractivity contribution in [3.05, 3.63) is 71.2 Å². The van der Waals surface area contributed by atoms with Gasteiger partial charge in [0.05, 0.1) is 18.0 Å². The Bertz CT molecular complexity index is 1040. The SMILES string of the molecule is Cc1ccc(-c2nc3ccc(C)cn3c2CCOc2cc(C)[nH]n2)cc1. The smallest absolute Gasteiger partial charge is 0.232 e. The first-order chi connectivity index (χ1) is 12.6. The Morgan fingerprint density at radius 3 is 2.50 bits per heavy atom. The first-order valence-corrected chi connectivity index (χ1v) is 8.79. The zero-order chi connectivity index (χ0) is 18.1. The Morgan fingerprint density at radius 2 is 1.77 bits per heavy atom. The fraction of sp³-hybridized carbons (Fsp3) is 0.238. The largest absolute Gasteiger partial charge is 0.476 e. The number of fused-ring (bicyclic) bond motifs is 1. The van der Waals surface area contributed by atoms with Crippen LogP contribution >= 0.6 is 0 Å². The van der Waals surface area contributed by atoms with Gasteiger partial charge in [0.1, 0.15) is 5.65 Å². The molecule has 0 saturated carbocycles. The average molecular weight is 346 g/mol. The molecule has 0 spiro atoms. The van der Waals surface area contributed by atoms with E-state index in [1.165, 1.54) is 11.1 Å². The third kappa shape index (κ3) is 3.20. The standard InChI is InChI=1S/C21H22N4O/c1-14-4-7-17(8-5-14)21-18(10-11-26-20-12-16(3)23-24-20)25-13-15(2)6-9-19(25)22-21/h4-9,12-13H,10-11H2,1-3H3,(H,23,24). The van der Waals surface area contributed by atoms with Gasteiger partial charge in [-0.25, -0.2) is 4.98 Å². The molecule has 26 heavy (non-hydrogen) atoms. The van der Waals surface area contributed by atoms with E-state index in [1.54, 1.807) is 0 Å². The maximum Gasteiger partial charge on any atom is 0.232 e. The topological polar surface area (TPSA) is 55.2 Å². The Labute approximate surface area is 152 Å². The van der Waals surface area contributed by atoms with Crippen LogP contribution < -0.4 is 4.74 Å². The average Bonchev–Trinajstić information content (AvgIpc) is 3.19. The highest BCUT2D eigenvalue weighted by molar-refractivity contribution is 5.67. The van der Waals surface area contributed by atoms with Crippen molar-refractivity contribution >= 4 is 5.65 Å². The van der Waals surface area contributed by atoms with Crippen LogP contribution in [-0.2, 0) is 6.42 Å². The monoisotopic (exact) mass is 346 g/mol. The highest BCUT2D eigenvalue weighted by Crippen LogP contribution is 2.26. The lowest BCUT2D eigenvalue weighted by atomic mass is 10.1. The minimum atomic E-state index is 0.547. The van der Waals surface area contributed by atoms with Crippen LogP contribution in [0.4, 0.5) is 0 Å². The summed E-state index contributed by atoms with van der Waals surface area (Å²) in [4.78, 5) is 4.87. The Hall–Kier alpha value is -3.08. The summed E-state index contributed by atoms with van der Waals surface area (Å²) in [6, 6.07) is 14.6. The summed E-state index contributed by atoms with van der Waals surface area (Å²) in [5.74, 6) is 0.629. The van der Waals surface area contributed by atoms with Gasteiger partial charge >= 0.3 is 0 Å². The van der Waals surface area contributed by atoms with Gasteiger partial charge in [0.2, 0.25) is 5.88 Å². The van der Waals surface area contributed by atoms with E-state index in [-0.39, 0.29) is 0 Å². The Kier molecular flexibility index (Phi) is 4.21. The van der Waals surface area contributed by atoms with Gasteiger partial charge in [-0.3, -0.25) is 5.10 Å². The van der Waals surface area contributed by atoms with E-state index in [4.69, 9.17) is 9.72 Å². The number of pyridine rings is 1. The number of aromatic amines is 1. The summed E-state index contributed by atoms with van der Waals surface area (Å²) in [5.41, 5.74) is 7.69. The first kappa shape index (κ1) is 16.4. The van der Waals surface area contributed by atoms with Crippen molar-refractivity contribution in [3.8, 4) is 17.1 Å². The third-order valence-electron chi connectivity index (χ3n) is 4.46. The van der Waals surface area contributed by atoms with Crippen molar-refractivity contribution < 1.29 is 4.74 Å². The van der Waals surface area contributed by atoms with E-state index < -0.39 is 0 Å². The molecule has 1 N–H and O–H groups in total. The van der Waals surface area contributed by atoms with E-state index in [0.717, 1.165) is 34.7 Å². The number of benzene rings is 1. The molecule has 3 aromatic heterocycles. The number of aromatic nitrogens is 4. The molecular weight excluding hydrogens is 324 g/mol. The zero-order valence-electron chi connectivity index (χ0n) is 15.3. The number of hydrogen-bond donors (Lipinski definition) is 1. The summed E-state index contributed by atoms with van der Waals surface area (Å²) < 4.78 is 7.98. The van der Waals surface area contributed by atoms with Crippen molar-refractivity contribution in [3.63, 3.8) is 0 Å². The molecule has 0 aliphatic rings. The van der Waals surface area contributed by atoms with Crippen LogP contribution in [-0.4, -0.2) is 26.2 Å². The summed E-state index contributed by atoms with van der Waals surface area (Å²) in [5, 5.41) is 7.03. The molecule has 3 heterocycles. The summed E-state index contributed by atoms with van der Waals surface area (Å²) in [6.07, 6.45) is 2.88. The molecule has 4 rings (SSSR count). The minimum absolute atomic E-state index is 0.547. The fourth-order valence-corrected chi connectivity index (χ4v) is 3.10. The zero-order valence-corrected chi connectivity index (χ0v) is 15.3. The highest BCUT2D eigenvalue weighted by atomic mass is 16.5. The van der Waals surface area contributed by atoms with Crippen LogP contribution in [0.2, 0.25) is 0 Å². The van der Waals surface area contributed by atoms with Crippen molar-refractivity contribution in [2.24, 2.45) is 0 Å². The number of imidazole rings is 1. The van der Waals surface area contributed by atoms with Crippen molar-refractivity contribution in [1.82, 2.24) is 19.6 Å². The molecule has 0 saturated heterocycles. The quantitative estimate of drug-likeness (QED) is 0.587. The van der Waals surface area contributed by atoms with Gasteiger partial charge in [-0.1, -0.05) is 35.9 Å². The number of H-pyrrole nitrogens is 1. The van der Waals surface area contributed by atoms with Crippen molar-refractivity contribution in [1.29, 1.82) is 0 Å². The Morgan fingerprint density at radius 1 is 1.00 bits per heavy atom. The van der Waals surface area contributed by atoms with Gasteiger partial charge in [0.25, 0.3) is 0 Å².